The monoisotopic (exact) mass is 298 g/mol. The van der Waals surface area contributed by atoms with E-state index in [2.05, 4.69) is 58.0 Å². The third-order valence-electron chi connectivity index (χ3n) is 2.98. The fourth-order valence-corrected chi connectivity index (χ4v) is 4.62. The molecule has 1 aromatic rings. The second-order valence-corrected chi connectivity index (χ2v) is 7.13. The van der Waals surface area contributed by atoms with Crippen LogP contribution < -0.4 is 10.6 Å². The average molecular weight is 298 g/mol. The number of nitrogens with one attached hydrogen (secondary N) is 2. The van der Waals surface area contributed by atoms with Crippen LogP contribution in [-0.4, -0.2) is 45.6 Å². The van der Waals surface area contributed by atoms with E-state index >= 15 is 0 Å². The highest BCUT2D eigenvalue weighted by Crippen LogP contribution is 2.25. The smallest absolute Gasteiger partial charge is 0.134 e. The maximum absolute atomic E-state index is 4.52. The van der Waals surface area contributed by atoms with Crippen LogP contribution in [-0.2, 0) is 0 Å². The van der Waals surface area contributed by atoms with Gasteiger partial charge in [0.05, 0.1) is 0 Å². The molecule has 19 heavy (non-hydrogen) atoms. The Morgan fingerprint density at radius 1 is 1.16 bits per heavy atom. The van der Waals surface area contributed by atoms with Crippen molar-refractivity contribution in [3.05, 3.63) is 11.4 Å². The second-order valence-electron chi connectivity index (χ2n) is 4.57. The molecule has 0 bridgehead atoms. The van der Waals surface area contributed by atoms with Crippen LogP contribution >= 0.6 is 23.5 Å². The summed E-state index contributed by atoms with van der Waals surface area (Å²) in [5, 5.41) is 7.48. The largest absolute Gasteiger partial charge is 0.370 e. The van der Waals surface area contributed by atoms with E-state index in [0.717, 1.165) is 36.1 Å². The molecule has 1 aliphatic heterocycles. The summed E-state index contributed by atoms with van der Waals surface area (Å²) < 4.78 is 0. The summed E-state index contributed by atoms with van der Waals surface area (Å²) in [6.45, 7) is 7.96. The minimum absolute atomic E-state index is 0.691. The first-order valence-electron chi connectivity index (χ1n) is 6.73. The number of nitrogens with zero attached hydrogens (tertiary/aromatic N) is 2. The van der Waals surface area contributed by atoms with Gasteiger partial charge in [-0.05, 0) is 20.8 Å². The van der Waals surface area contributed by atoms with E-state index in [1.54, 1.807) is 0 Å². The summed E-state index contributed by atoms with van der Waals surface area (Å²) in [7, 11) is 0. The Bertz CT molecular complexity index is 419. The highest BCUT2D eigenvalue weighted by Gasteiger charge is 2.15. The predicted octanol–water partition coefficient (Wildman–Crippen LogP) is 2.79. The zero-order valence-corrected chi connectivity index (χ0v) is 13.5. The van der Waals surface area contributed by atoms with Crippen LogP contribution in [0.25, 0.3) is 0 Å². The summed E-state index contributed by atoms with van der Waals surface area (Å²) in [6.07, 6.45) is 0. The SMILES string of the molecule is CCNc1nc(C)nc(NCC2CSCCS2)c1C. The molecule has 1 aliphatic rings. The van der Waals surface area contributed by atoms with Crippen molar-refractivity contribution in [1.82, 2.24) is 9.97 Å². The molecule has 6 heteroatoms. The first-order chi connectivity index (χ1) is 9.20. The second kappa shape index (κ2) is 7.24. The van der Waals surface area contributed by atoms with Gasteiger partial charge >= 0.3 is 0 Å². The van der Waals surface area contributed by atoms with Crippen molar-refractivity contribution in [2.45, 2.75) is 26.0 Å². The molecule has 0 amide bonds. The fraction of sp³-hybridized carbons (Fsp3) is 0.692. The molecular formula is C13H22N4S2. The molecule has 1 saturated heterocycles. The lowest BCUT2D eigenvalue weighted by molar-refractivity contribution is 0.959. The topological polar surface area (TPSA) is 49.8 Å². The fourth-order valence-electron chi connectivity index (χ4n) is 2.01. The van der Waals surface area contributed by atoms with Crippen molar-refractivity contribution >= 4 is 35.2 Å². The van der Waals surface area contributed by atoms with Gasteiger partial charge < -0.3 is 10.6 Å². The van der Waals surface area contributed by atoms with Gasteiger partial charge in [0, 0.05) is 41.2 Å². The van der Waals surface area contributed by atoms with E-state index in [0.29, 0.717) is 5.25 Å². The summed E-state index contributed by atoms with van der Waals surface area (Å²) in [5.41, 5.74) is 1.11. The summed E-state index contributed by atoms with van der Waals surface area (Å²) >= 11 is 4.12. The number of aryl methyl sites for hydroxylation is 1. The van der Waals surface area contributed by atoms with Crippen molar-refractivity contribution < 1.29 is 0 Å². The Labute approximate surface area is 123 Å². The molecule has 1 unspecified atom stereocenters. The van der Waals surface area contributed by atoms with Crippen LogP contribution in [0.2, 0.25) is 0 Å². The Balaban J connectivity index is 2.02. The minimum Gasteiger partial charge on any atom is -0.370 e. The van der Waals surface area contributed by atoms with Crippen molar-refractivity contribution in [2.24, 2.45) is 0 Å². The summed E-state index contributed by atoms with van der Waals surface area (Å²) in [6, 6.07) is 0. The standard InChI is InChI=1S/C13H22N4S2/c1-4-14-12-9(2)13(17-10(3)16-12)15-7-11-8-18-5-6-19-11/h11H,4-8H2,1-3H3,(H2,14,15,16,17). The molecule has 106 valence electrons. The third-order valence-corrected chi connectivity index (χ3v) is 5.83. The van der Waals surface area contributed by atoms with E-state index in [4.69, 9.17) is 0 Å². The molecule has 2 N–H and O–H groups in total. The Morgan fingerprint density at radius 3 is 2.53 bits per heavy atom. The van der Waals surface area contributed by atoms with Gasteiger partial charge in [-0.25, -0.2) is 9.97 Å². The molecule has 0 aliphatic carbocycles. The van der Waals surface area contributed by atoms with Gasteiger partial charge in [0.25, 0.3) is 0 Å². The number of thioether (sulfide) groups is 2. The number of aromatic nitrogens is 2. The van der Waals surface area contributed by atoms with E-state index in [1.165, 1.54) is 17.3 Å². The molecule has 0 aromatic carbocycles. The van der Waals surface area contributed by atoms with Gasteiger partial charge in [-0.15, -0.1) is 0 Å². The highest BCUT2D eigenvalue weighted by atomic mass is 32.2. The van der Waals surface area contributed by atoms with Crippen molar-refractivity contribution in [2.75, 3.05) is 41.0 Å². The minimum atomic E-state index is 0.691. The van der Waals surface area contributed by atoms with Crippen LogP contribution in [0.15, 0.2) is 0 Å². The number of hydrogen-bond donors (Lipinski definition) is 2. The van der Waals surface area contributed by atoms with Gasteiger partial charge in [-0.1, -0.05) is 0 Å². The van der Waals surface area contributed by atoms with Crippen LogP contribution in [0, 0.1) is 13.8 Å². The predicted molar refractivity (Wildman–Crippen MR) is 87.7 cm³/mol. The first kappa shape index (κ1) is 14.8. The molecule has 0 radical (unpaired) electrons. The Kier molecular flexibility index (Phi) is 5.63. The molecule has 0 spiro atoms. The number of rotatable bonds is 5. The van der Waals surface area contributed by atoms with Crippen molar-refractivity contribution in [3.63, 3.8) is 0 Å². The summed E-state index contributed by atoms with van der Waals surface area (Å²) in [4.78, 5) is 8.97. The van der Waals surface area contributed by atoms with Gasteiger partial charge in [-0.3, -0.25) is 0 Å². The molecule has 1 atom stereocenters. The van der Waals surface area contributed by atoms with Crippen molar-refractivity contribution in [3.8, 4) is 0 Å². The Morgan fingerprint density at radius 2 is 1.89 bits per heavy atom. The van der Waals surface area contributed by atoms with Crippen LogP contribution in [0.4, 0.5) is 11.6 Å². The van der Waals surface area contributed by atoms with Gasteiger partial charge in [-0.2, -0.15) is 23.5 Å². The van der Waals surface area contributed by atoms with E-state index < -0.39 is 0 Å². The molecule has 2 rings (SSSR count). The first-order valence-corrected chi connectivity index (χ1v) is 8.93. The van der Waals surface area contributed by atoms with E-state index in [9.17, 15) is 0 Å². The molecule has 2 heterocycles. The maximum Gasteiger partial charge on any atom is 0.134 e. The average Bonchev–Trinajstić information content (AvgIpc) is 2.42. The summed E-state index contributed by atoms with van der Waals surface area (Å²) in [5.74, 6) is 6.53. The molecule has 0 saturated carbocycles. The lowest BCUT2D eigenvalue weighted by atomic mass is 10.3. The highest BCUT2D eigenvalue weighted by molar-refractivity contribution is 8.06. The maximum atomic E-state index is 4.52. The number of anilines is 2. The Hall–Kier alpha value is -0.620. The molecule has 1 aromatic heterocycles. The molecule has 4 nitrogen and oxygen atoms in total. The third kappa shape index (κ3) is 4.18. The van der Waals surface area contributed by atoms with Gasteiger partial charge in [0.15, 0.2) is 0 Å². The van der Waals surface area contributed by atoms with E-state index in [1.807, 2.05) is 6.92 Å². The van der Waals surface area contributed by atoms with Crippen LogP contribution in [0.3, 0.4) is 0 Å². The molecular weight excluding hydrogens is 276 g/mol. The zero-order valence-electron chi connectivity index (χ0n) is 11.8. The number of hydrogen-bond acceptors (Lipinski definition) is 6. The van der Waals surface area contributed by atoms with Crippen LogP contribution in [0.5, 0.6) is 0 Å². The van der Waals surface area contributed by atoms with Gasteiger partial charge in [0.2, 0.25) is 0 Å². The lowest BCUT2D eigenvalue weighted by Crippen LogP contribution is -2.24. The quantitative estimate of drug-likeness (QED) is 0.872. The van der Waals surface area contributed by atoms with Crippen LogP contribution in [0.1, 0.15) is 18.3 Å². The molecule has 1 fully saturated rings. The van der Waals surface area contributed by atoms with E-state index in [-0.39, 0.29) is 0 Å². The lowest BCUT2D eigenvalue weighted by Gasteiger charge is -2.22. The van der Waals surface area contributed by atoms with Gasteiger partial charge in [0.1, 0.15) is 17.5 Å². The normalized spacial score (nSPS) is 19.2. The van der Waals surface area contributed by atoms with Crippen molar-refractivity contribution in [1.29, 1.82) is 0 Å². The zero-order chi connectivity index (χ0) is 13.7.